The smallest absolute Gasteiger partial charge is 0.0568 e. The van der Waals surface area contributed by atoms with E-state index in [4.69, 9.17) is 11.6 Å². The molecule has 0 atom stereocenters. The number of benzene rings is 1. The largest absolute Gasteiger partial charge is 0.361 e. The van der Waals surface area contributed by atoms with Crippen LogP contribution in [0.1, 0.15) is 0 Å². The Kier molecular flexibility index (Phi) is 2.01. The lowest BCUT2D eigenvalue weighted by Crippen LogP contribution is -1.84. The lowest BCUT2D eigenvalue weighted by Gasteiger charge is -2.01. The third kappa shape index (κ3) is 1.41. The Morgan fingerprint density at radius 2 is 2.25 bits per heavy atom. The van der Waals surface area contributed by atoms with Crippen LogP contribution in [0.4, 0.5) is 0 Å². The molecule has 2 heterocycles. The molecule has 0 unspecified atom stereocenters. The van der Waals surface area contributed by atoms with Gasteiger partial charge in [-0.1, -0.05) is 11.6 Å². The number of nitrogens with zero attached hydrogens (tertiary/aromatic N) is 2. The monoisotopic (exact) mass is 231 g/mol. The van der Waals surface area contributed by atoms with Crippen LogP contribution in [0, 0.1) is 0 Å². The molecule has 0 aliphatic carbocycles. The quantitative estimate of drug-likeness (QED) is 0.686. The number of H-pyrrole nitrogens is 1. The predicted octanol–water partition coefficient (Wildman–Crippen LogP) is 3.22. The lowest BCUT2D eigenvalue weighted by atomic mass is 10.1. The maximum Gasteiger partial charge on any atom is 0.0568 e. The maximum absolute atomic E-state index is 6.25. The van der Waals surface area contributed by atoms with Crippen molar-refractivity contribution in [3.8, 4) is 11.1 Å². The van der Waals surface area contributed by atoms with Gasteiger partial charge in [0, 0.05) is 46.5 Å². The molecule has 1 N–H and O–H groups in total. The van der Waals surface area contributed by atoms with Crippen molar-refractivity contribution in [1.29, 1.82) is 0 Å². The summed E-state index contributed by atoms with van der Waals surface area (Å²) < 4.78 is 1.77. The zero-order valence-electron chi connectivity index (χ0n) is 8.74. The van der Waals surface area contributed by atoms with Crippen molar-refractivity contribution in [3.05, 3.63) is 41.8 Å². The van der Waals surface area contributed by atoms with E-state index >= 15 is 0 Å². The van der Waals surface area contributed by atoms with Crippen LogP contribution in [0.15, 0.2) is 36.8 Å². The van der Waals surface area contributed by atoms with E-state index in [1.54, 1.807) is 4.68 Å². The van der Waals surface area contributed by atoms with Crippen molar-refractivity contribution >= 4 is 22.5 Å². The summed E-state index contributed by atoms with van der Waals surface area (Å²) in [6, 6.07) is 6.03. The standard InChI is InChI=1S/C12H10ClN3/c1-16-7-9(6-15-16)10-5-12-8(2-3-14-12)4-11(10)13/h2-7,14H,1H3. The second kappa shape index (κ2) is 3.39. The van der Waals surface area contributed by atoms with Crippen molar-refractivity contribution in [3.63, 3.8) is 0 Å². The molecule has 0 amide bonds. The first-order chi connectivity index (χ1) is 7.74. The van der Waals surface area contributed by atoms with Gasteiger partial charge in [-0.15, -0.1) is 0 Å². The number of nitrogens with one attached hydrogen (secondary N) is 1. The molecular formula is C12H10ClN3. The van der Waals surface area contributed by atoms with E-state index in [9.17, 15) is 0 Å². The highest BCUT2D eigenvalue weighted by atomic mass is 35.5. The number of hydrogen-bond donors (Lipinski definition) is 1. The number of aryl methyl sites for hydroxylation is 1. The normalized spacial score (nSPS) is 11.1. The molecule has 0 aliphatic rings. The van der Waals surface area contributed by atoms with Crippen LogP contribution in [0.2, 0.25) is 5.02 Å². The van der Waals surface area contributed by atoms with Gasteiger partial charge >= 0.3 is 0 Å². The van der Waals surface area contributed by atoms with Gasteiger partial charge in [0.2, 0.25) is 0 Å². The molecule has 3 nitrogen and oxygen atoms in total. The van der Waals surface area contributed by atoms with Gasteiger partial charge in [0.1, 0.15) is 0 Å². The molecular weight excluding hydrogens is 222 g/mol. The lowest BCUT2D eigenvalue weighted by molar-refractivity contribution is 0.768. The van der Waals surface area contributed by atoms with E-state index in [0.29, 0.717) is 0 Å². The van der Waals surface area contributed by atoms with E-state index < -0.39 is 0 Å². The summed E-state index contributed by atoms with van der Waals surface area (Å²) in [5.74, 6) is 0. The molecule has 2 aromatic heterocycles. The summed E-state index contributed by atoms with van der Waals surface area (Å²) in [5.41, 5.74) is 3.12. The Bertz CT molecular complexity index is 651. The van der Waals surface area contributed by atoms with Crippen LogP contribution in [0.5, 0.6) is 0 Å². The molecule has 0 saturated heterocycles. The van der Waals surface area contributed by atoms with E-state index in [1.165, 1.54) is 0 Å². The first kappa shape index (κ1) is 9.48. The van der Waals surface area contributed by atoms with Gasteiger partial charge in [0.15, 0.2) is 0 Å². The number of hydrogen-bond acceptors (Lipinski definition) is 1. The fraction of sp³-hybridized carbons (Fsp3) is 0.0833. The Morgan fingerprint density at radius 3 is 3.00 bits per heavy atom. The Morgan fingerprint density at radius 1 is 1.38 bits per heavy atom. The van der Waals surface area contributed by atoms with Gasteiger partial charge in [0.05, 0.1) is 6.20 Å². The molecule has 0 spiro atoms. The summed E-state index contributed by atoms with van der Waals surface area (Å²) in [6.45, 7) is 0. The zero-order valence-corrected chi connectivity index (χ0v) is 9.49. The molecule has 3 rings (SSSR count). The van der Waals surface area contributed by atoms with E-state index in [-0.39, 0.29) is 0 Å². The van der Waals surface area contributed by atoms with Crippen molar-refractivity contribution < 1.29 is 0 Å². The maximum atomic E-state index is 6.25. The van der Waals surface area contributed by atoms with Crippen molar-refractivity contribution in [2.75, 3.05) is 0 Å². The third-order valence-electron chi connectivity index (χ3n) is 2.66. The van der Waals surface area contributed by atoms with Crippen LogP contribution in [0.25, 0.3) is 22.0 Å². The van der Waals surface area contributed by atoms with Crippen LogP contribution < -0.4 is 0 Å². The number of halogens is 1. The topological polar surface area (TPSA) is 33.6 Å². The average Bonchev–Trinajstić information content (AvgIpc) is 2.84. The molecule has 4 heteroatoms. The minimum Gasteiger partial charge on any atom is -0.361 e. The fourth-order valence-electron chi connectivity index (χ4n) is 1.85. The highest BCUT2D eigenvalue weighted by Gasteiger charge is 2.07. The Labute approximate surface area is 97.7 Å². The number of aromatic nitrogens is 3. The Hall–Kier alpha value is -1.74. The minimum atomic E-state index is 0.750. The first-order valence-corrected chi connectivity index (χ1v) is 5.37. The SMILES string of the molecule is Cn1cc(-c2cc3[nH]ccc3cc2Cl)cn1. The summed E-state index contributed by atoms with van der Waals surface area (Å²) >= 11 is 6.25. The number of rotatable bonds is 1. The molecule has 0 radical (unpaired) electrons. The highest BCUT2D eigenvalue weighted by Crippen LogP contribution is 2.31. The average molecular weight is 232 g/mol. The van der Waals surface area contributed by atoms with Gasteiger partial charge in [0.25, 0.3) is 0 Å². The second-order valence-electron chi connectivity index (χ2n) is 3.80. The van der Waals surface area contributed by atoms with E-state index in [1.807, 2.05) is 37.8 Å². The molecule has 0 saturated carbocycles. The van der Waals surface area contributed by atoms with Gasteiger partial charge < -0.3 is 4.98 Å². The van der Waals surface area contributed by atoms with Crippen LogP contribution >= 0.6 is 11.6 Å². The minimum absolute atomic E-state index is 0.750. The van der Waals surface area contributed by atoms with Gasteiger partial charge in [-0.3, -0.25) is 4.68 Å². The molecule has 0 bridgehead atoms. The third-order valence-corrected chi connectivity index (χ3v) is 2.97. The van der Waals surface area contributed by atoms with E-state index in [0.717, 1.165) is 27.1 Å². The van der Waals surface area contributed by atoms with Gasteiger partial charge in [-0.2, -0.15) is 5.10 Å². The van der Waals surface area contributed by atoms with Crippen LogP contribution in [0.3, 0.4) is 0 Å². The summed E-state index contributed by atoms with van der Waals surface area (Å²) in [7, 11) is 1.89. The number of aromatic amines is 1. The molecule has 3 aromatic rings. The molecule has 16 heavy (non-hydrogen) atoms. The molecule has 0 aliphatic heterocycles. The zero-order chi connectivity index (χ0) is 11.1. The molecule has 1 aromatic carbocycles. The van der Waals surface area contributed by atoms with Crippen LogP contribution in [-0.4, -0.2) is 14.8 Å². The Balaban J connectivity index is 2.26. The second-order valence-corrected chi connectivity index (χ2v) is 4.21. The molecule has 0 fully saturated rings. The summed E-state index contributed by atoms with van der Waals surface area (Å²) in [5, 5.41) is 6.02. The molecule has 80 valence electrons. The summed E-state index contributed by atoms with van der Waals surface area (Å²) in [6.07, 6.45) is 5.68. The first-order valence-electron chi connectivity index (χ1n) is 5.00. The van der Waals surface area contributed by atoms with Crippen molar-refractivity contribution in [2.45, 2.75) is 0 Å². The van der Waals surface area contributed by atoms with Crippen molar-refractivity contribution in [1.82, 2.24) is 14.8 Å². The van der Waals surface area contributed by atoms with E-state index in [2.05, 4.69) is 16.1 Å². The predicted molar refractivity (Wildman–Crippen MR) is 65.5 cm³/mol. The fourth-order valence-corrected chi connectivity index (χ4v) is 2.14. The summed E-state index contributed by atoms with van der Waals surface area (Å²) in [4.78, 5) is 3.18. The number of fused-ring (bicyclic) bond motifs is 1. The van der Waals surface area contributed by atoms with Crippen LogP contribution in [-0.2, 0) is 7.05 Å². The van der Waals surface area contributed by atoms with Gasteiger partial charge in [-0.25, -0.2) is 0 Å². The highest BCUT2D eigenvalue weighted by molar-refractivity contribution is 6.34. The van der Waals surface area contributed by atoms with Gasteiger partial charge in [-0.05, 0) is 18.2 Å². The van der Waals surface area contributed by atoms with Crippen molar-refractivity contribution in [2.24, 2.45) is 7.05 Å².